The van der Waals surface area contributed by atoms with Crippen LogP contribution >= 0.6 is 0 Å². The van der Waals surface area contributed by atoms with Crippen LogP contribution in [0.25, 0.3) is 0 Å². The van der Waals surface area contributed by atoms with Crippen LogP contribution in [0.15, 0.2) is 24.3 Å². The van der Waals surface area contributed by atoms with Crippen molar-refractivity contribution in [2.24, 2.45) is 0 Å². The summed E-state index contributed by atoms with van der Waals surface area (Å²) in [5.74, 6) is 0. The molecule has 1 rings (SSSR count). The first kappa shape index (κ1) is 9.03. The van der Waals surface area contributed by atoms with E-state index in [9.17, 15) is 0 Å². The Morgan fingerprint density at radius 1 is 1.33 bits per heavy atom. The number of nitrogen functional groups attached to an aromatic ring is 1. The van der Waals surface area contributed by atoms with Gasteiger partial charge in [-0.3, -0.25) is 0 Å². The average Bonchev–Trinajstić information content (AvgIpc) is 2.09. The number of anilines is 1. The van der Waals surface area contributed by atoms with E-state index in [0.717, 1.165) is 11.3 Å². The van der Waals surface area contributed by atoms with Gasteiger partial charge in [-0.1, -0.05) is 18.2 Å². The molecule has 0 heterocycles. The standard InChI is InChI=1S/C9H14N2O/c10-9-4-2-1-3-8(9)7-11-5-6-12/h1-4,11-12H,5-7,10H2. The Kier molecular flexibility index (Phi) is 3.57. The van der Waals surface area contributed by atoms with E-state index in [1.54, 1.807) is 0 Å². The molecule has 3 nitrogen and oxygen atoms in total. The van der Waals surface area contributed by atoms with E-state index in [-0.39, 0.29) is 6.61 Å². The quantitative estimate of drug-likeness (QED) is 0.447. The van der Waals surface area contributed by atoms with Crippen molar-refractivity contribution in [3.05, 3.63) is 29.8 Å². The normalized spacial score (nSPS) is 10.1. The highest BCUT2D eigenvalue weighted by Gasteiger charge is 1.95. The van der Waals surface area contributed by atoms with Crippen molar-refractivity contribution in [1.29, 1.82) is 0 Å². The molecule has 0 atom stereocenters. The molecule has 0 saturated carbocycles. The predicted molar refractivity (Wildman–Crippen MR) is 49.6 cm³/mol. The molecule has 0 fully saturated rings. The summed E-state index contributed by atoms with van der Waals surface area (Å²) < 4.78 is 0. The summed E-state index contributed by atoms with van der Waals surface area (Å²) in [7, 11) is 0. The molecule has 12 heavy (non-hydrogen) atoms. The van der Waals surface area contributed by atoms with Gasteiger partial charge >= 0.3 is 0 Å². The third-order valence-corrected chi connectivity index (χ3v) is 1.66. The number of rotatable bonds is 4. The maximum absolute atomic E-state index is 8.52. The van der Waals surface area contributed by atoms with Crippen molar-refractivity contribution in [3.63, 3.8) is 0 Å². The van der Waals surface area contributed by atoms with Crippen LogP contribution in [0.1, 0.15) is 5.56 Å². The van der Waals surface area contributed by atoms with Crippen LogP contribution in [0.4, 0.5) is 5.69 Å². The number of aliphatic hydroxyl groups is 1. The van der Waals surface area contributed by atoms with Gasteiger partial charge in [-0.05, 0) is 11.6 Å². The van der Waals surface area contributed by atoms with Gasteiger partial charge in [0.05, 0.1) is 6.61 Å². The Labute approximate surface area is 72.2 Å². The Morgan fingerprint density at radius 3 is 2.75 bits per heavy atom. The minimum absolute atomic E-state index is 0.159. The van der Waals surface area contributed by atoms with Crippen LogP contribution in [-0.4, -0.2) is 18.3 Å². The van der Waals surface area contributed by atoms with Crippen LogP contribution in [0, 0.1) is 0 Å². The molecule has 0 aliphatic heterocycles. The maximum Gasteiger partial charge on any atom is 0.0556 e. The average molecular weight is 166 g/mol. The zero-order valence-electron chi connectivity index (χ0n) is 6.96. The Bertz CT molecular complexity index is 238. The van der Waals surface area contributed by atoms with Gasteiger partial charge in [-0.25, -0.2) is 0 Å². The summed E-state index contributed by atoms with van der Waals surface area (Å²) in [6.45, 7) is 1.48. The number of para-hydroxylation sites is 1. The maximum atomic E-state index is 8.52. The lowest BCUT2D eigenvalue weighted by Gasteiger charge is -2.05. The summed E-state index contributed by atoms with van der Waals surface area (Å²) in [6.07, 6.45) is 0. The van der Waals surface area contributed by atoms with Gasteiger partial charge in [0.15, 0.2) is 0 Å². The molecule has 0 aliphatic carbocycles. The second kappa shape index (κ2) is 4.74. The Morgan fingerprint density at radius 2 is 2.08 bits per heavy atom. The predicted octanol–water partition coefficient (Wildman–Crippen LogP) is 0.351. The molecule has 0 bridgehead atoms. The fourth-order valence-corrected chi connectivity index (χ4v) is 0.997. The van der Waals surface area contributed by atoms with E-state index in [1.165, 1.54) is 0 Å². The van der Waals surface area contributed by atoms with E-state index < -0.39 is 0 Å². The summed E-state index contributed by atoms with van der Waals surface area (Å²) in [5, 5.41) is 11.6. The molecular formula is C9H14N2O. The van der Waals surface area contributed by atoms with Crippen LogP contribution in [0.5, 0.6) is 0 Å². The third-order valence-electron chi connectivity index (χ3n) is 1.66. The van der Waals surface area contributed by atoms with Crippen molar-refractivity contribution in [3.8, 4) is 0 Å². The molecular weight excluding hydrogens is 152 g/mol. The molecule has 1 aromatic carbocycles. The van der Waals surface area contributed by atoms with Crippen LogP contribution < -0.4 is 11.1 Å². The zero-order chi connectivity index (χ0) is 8.81. The topological polar surface area (TPSA) is 58.3 Å². The van der Waals surface area contributed by atoms with E-state index >= 15 is 0 Å². The van der Waals surface area contributed by atoms with Gasteiger partial charge < -0.3 is 16.2 Å². The first-order valence-corrected chi connectivity index (χ1v) is 3.99. The summed E-state index contributed by atoms with van der Waals surface area (Å²) in [5.41, 5.74) is 7.57. The highest BCUT2D eigenvalue weighted by Crippen LogP contribution is 2.09. The highest BCUT2D eigenvalue weighted by molar-refractivity contribution is 5.46. The number of nitrogens with one attached hydrogen (secondary N) is 1. The fourth-order valence-electron chi connectivity index (χ4n) is 0.997. The molecule has 0 aromatic heterocycles. The largest absolute Gasteiger partial charge is 0.398 e. The molecule has 1 aromatic rings. The fraction of sp³-hybridized carbons (Fsp3) is 0.333. The molecule has 0 unspecified atom stereocenters. The first-order valence-electron chi connectivity index (χ1n) is 3.99. The second-order valence-electron chi connectivity index (χ2n) is 2.60. The van der Waals surface area contributed by atoms with Crippen LogP contribution in [0.2, 0.25) is 0 Å². The molecule has 0 aliphatic rings. The number of hydrogen-bond donors (Lipinski definition) is 3. The summed E-state index contributed by atoms with van der Waals surface area (Å²) >= 11 is 0. The number of nitrogens with two attached hydrogens (primary N) is 1. The second-order valence-corrected chi connectivity index (χ2v) is 2.60. The molecule has 0 saturated heterocycles. The van der Waals surface area contributed by atoms with Crippen LogP contribution in [-0.2, 0) is 6.54 Å². The van der Waals surface area contributed by atoms with Gasteiger partial charge in [0.1, 0.15) is 0 Å². The van der Waals surface area contributed by atoms with E-state index in [0.29, 0.717) is 13.1 Å². The van der Waals surface area contributed by atoms with Crippen molar-refractivity contribution in [1.82, 2.24) is 5.32 Å². The lowest BCUT2D eigenvalue weighted by Crippen LogP contribution is -2.18. The van der Waals surface area contributed by atoms with Crippen molar-refractivity contribution in [2.45, 2.75) is 6.54 Å². The Balaban J connectivity index is 2.46. The first-order chi connectivity index (χ1) is 5.84. The minimum Gasteiger partial charge on any atom is -0.398 e. The summed E-state index contributed by atoms with van der Waals surface area (Å²) in [6, 6.07) is 7.70. The monoisotopic (exact) mass is 166 g/mol. The van der Waals surface area contributed by atoms with Crippen molar-refractivity contribution < 1.29 is 5.11 Å². The van der Waals surface area contributed by atoms with Gasteiger partial charge in [-0.15, -0.1) is 0 Å². The zero-order valence-corrected chi connectivity index (χ0v) is 6.96. The van der Waals surface area contributed by atoms with Crippen LogP contribution in [0.3, 0.4) is 0 Å². The highest BCUT2D eigenvalue weighted by atomic mass is 16.3. The molecule has 3 heteroatoms. The third kappa shape index (κ3) is 2.53. The lowest BCUT2D eigenvalue weighted by atomic mass is 10.2. The van der Waals surface area contributed by atoms with E-state index in [2.05, 4.69) is 5.32 Å². The SMILES string of the molecule is Nc1ccccc1CNCCO. The molecule has 0 radical (unpaired) electrons. The molecule has 66 valence electrons. The molecule has 0 spiro atoms. The van der Waals surface area contributed by atoms with Gasteiger partial charge in [0.25, 0.3) is 0 Å². The summed E-state index contributed by atoms with van der Waals surface area (Å²) in [4.78, 5) is 0. The van der Waals surface area contributed by atoms with Gasteiger partial charge in [-0.2, -0.15) is 0 Å². The van der Waals surface area contributed by atoms with Gasteiger partial charge in [0.2, 0.25) is 0 Å². The number of aliphatic hydroxyl groups excluding tert-OH is 1. The van der Waals surface area contributed by atoms with E-state index in [1.807, 2.05) is 24.3 Å². The number of benzene rings is 1. The smallest absolute Gasteiger partial charge is 0.0556 e. The molecule has 4 N–H and O–H groups in total. The lowest BCUT2D eigenvalue weighted by molar-refractivity contribution is 0.292. The number of hydrogen-bond acceptors (Lipinski definition) is 3. The molecule has 0 amide bonds. The van der Waals surface area contributed by atoms with Crippen molar-refractivity contribution in [2.75, 3.05) is 18.9 Å². The Hall–Kier alpha value is -1.06. The minimum atomic E-state index is 0.159. The van der Waals surface area contributed by atoms with E-state index in [4.69, 9.17) is 10.8 Å². The van der Waals surface area contributed by atoms with Gasteiger partial charge in [0, 0.05) is 18.8 Å². The van der Waals surface area contributed by atoms with Crippen molar-refractivity contribution >= 4 is 5.69 Å².